The van der Waals surface area contributed by atoms with Crippen LogP contribution in [-0.2, 0) is 11.2 Å². The van der Waals surface area contributed by atoms with Gasteiger partial charge >= 0.3 is 6.09 Å². The van der Waals surface area contributed by atoms with E-state index in [1.54, 1.807) is 0 Å². The molecule has 116 valence electrons. The van der Waals surface area contributed by atoms with Crippen LogP contribution in [0.3, 0.4) is 0 Å². The summed E-state index contributed by atoms with van der Waals surface area (Å²) >= 11 is 0. The second kappa shape index (κ2) is 6.48. The van der Waals surface area contributed by atoms with E-state index < -0.39 is 5.60 Å². The number of carbonyl (C=O) groups excluding carboxylic acids is 1. The van der Waals surface area contributed by atoms with Crippen molar-refractivity contribution in [3.8, 4) is 0 Å². The van der Waals surface area contributed by atoms with Crippen molar-refractivity contribution in [2.45, 2.75) is 51.8 Å². The summed E-state index contributed by atoms with van der Waals surface area (Å²) in [5.41, 5.74) is 0.787. The number of hydrogen-bond donors (Lipinski definition) is 1. The Morgan fingerprint density at radius 2 is 2.00 bits per heavy atom. The number of nitrogens with one attached hydrogen (secondary N) is 1. The number of rotatable bonds is 2. The van der Waals surface area contributed by atoms with Gasteiger partial charge in [-0.25, -0.2) is 4.79 Å². The summed E-state index contributed by atoms with van der Waals surface area (Å²) in [5, 5.41) is 3.45. The van der Waals surface area contributed by atoms with Crippen molar-refractivity contribution in [3.05, 3.63) is 35.9 Å². The summed E-state index contributed by atoms with van der Waals surface area (Å²) in [6.45, 7) is 9.30. The minimum absolute atomic E-state index is 0.137. The van der Waals surface area contributed by atoms with Crippen LogP contribution in [0.15, 0.2) is 30.3 Å². The molecule has 0 unspecified atom stereocenters. The molecule has 0 saturated carbocycles. The zero-order valence-corrected chi connectivity index (χ0v) is 13.4. The second-order valence-corrected chi connectivity index (χ2v) is 6.79. The summed E-state index contributed by atoms with van der Waals surface area (Å²) < 4.78 is 5.55. The van der Waals surface area contributed by atoms with Crippen molar-refractivity contribution < 1.29 is 9.53 Å². The van der Waals surface area contributed by atoms with Crippen LogP contribution in [-0.4, -0.2) is 41.8 Å². The average Bonchev–Trinajstić information content (AvgIpc) is 2.40. The molecule has 1 N–H and O–H groups in total. The monoisotopic (exact) mass is 290 g/mol. The minimum Gasteiger partial charge on any atom is -0.444 e. The first-order valence-corrected chi connectivity index (χ1v) is 7.62. The van der Waals surface area contributed by atoms with Crippen molar-refractivity contribution in [2.24, 2.45) is 0 Å². The first-order chi connectivity index (χ1) is 9.85. The quantitative estimate of drug-likeness (QED) is 0.910. The van der Waals surface area contributed by atoms with E-state index in [0.29, 0.717) is 12.6 Å². The lowest BCUT2D eigenvalue weighted by molar-refractivity contribution is 0.00831. The molecule has 0 aliphatic carbocycles. The van der Waals surface area contributed by atoms with Gasteiger partial charge in [0, 0.05) is 19.1 Å². The fourth-order valence-electron chi connectivity index (χ4n) is 2.57. The van der Waals surface area contributed by atoms with Crippen molar-refractivity contribution in [2.75, 3.05) is 13.1 Å². The zero-order valence-electron chi connectivity index (χ0n) is 13.4. The van der Waals surface area contributed by atoms with Crippen molar-refractivity contribution >= 4 is 6.09 Å². The Balaban J connectivity index is 2.08. The highest BCUT2D eigenvalue weighted by Gasteiger charge is 2.32. The van der Waals surface area contributed by atoms with Crippen LogP contribution >= 0.6 is 0 Å². The summed E-state index contributed by atoms with van der Waals surface area (Å²) in [6, 6.07) is 10.7. The van der Waals surface area contributed by atoms with Crippen molar-refractivity contribution in [3.63, 3.8) is 0 Å². The molecule has 1 fully saturated rings. The summed E-state index contributed by atoms with van der Waals surface area (Å²) in [6.07, 6.45) is 0.636. The molecule has 4 nitrogen and oxygen atoms in total. The topological polar surface area (TPSA) is 41.6 Å². The van der Waals surface area contributed by atoms with Gasteiger partial charge in [-0.15, -0.1) is 0 Å². The van der Waals surface area contributed by atoms with Crippen LogP contribution in [0.2, 0.25) is 0 Å². The largest absolute Gasteiger partial charge is 0.444 e. The van der Waals surface area contributed by atoms with E-state index in [4.69, 9.17) is 4.74 Å². The normalized spacial score (nSPS) is 23.0. The zero-order chi connectivity index (χ0) is 15.5. The van der Waals surface area contributed by atoms with E-state index in [1.165, 1.54) is 5.56 Å². The molecule has 1 aromatic carbocycles. The molecule has 1 amide bonds. The minimum atomic E-state index is -0.456. The van der Waals surface area contributed by atoms with Crippen LogP contribution < -0.4 is 5.32 Å². The van der Waals surface area contributed by atoms with Gasteiger partial charge in [0.25, 0.3) is 0 Å². The number of carbonyl (C=O) groups is 1. The van der Waals surface area contributed by atoms with Gasteiger partial charge in [-0.05, 0) is 39.7 Å². The maximum atomic E-state index is 12.4. The standard InChI is InChI=1S/C17H26N2O2/c1-13-12-19(16(20)21-17(2,3)4)15(11-18-13)10-14-8-6-5-7-9-14/h5-9,13,15,18H,10-12H2,1-4H3/t13-,15+/m0/s1. The number of hydrogen-bond acceptors (Lipinski definition) is 3. The first kappa shape index (κ1) is 15.8. The third-order valence-corrected chi connectivity index (χ3v) is 3.56. The van der Waals surface area contributed by atoms with Gasteiger partial charge in [-0.2, -0.15) is 0 Å². The van der Waals surface area contributed by atoms with E-state index in [0.717, 1.165) is 13.0 Å². The van der Waals surface area contributed by atoms with Crippen LogP contribution in [0.25, 0.3) is 0 Å². The third kappa shape index (κ3) is 4.74. The van der Waals surface area contributed by atoms with Gasteiger partial charge in [-0.1, -0.05) is 30.3 Å². The molecule has 0 spiro atoms. The summed E-state index contributed by atoms with van der Waals surface area (Å²) in [5.74, 6) is 0. The first-order valence-electron chi connectivity index (χ1n) is 7.62. The van der Waals surface area contributed by atoms with E-state index in [9.17, 15) is 4.79 Å². The molecule has 0 aromatic heterocycles. The van der Waals surface area contributed by atoms with Gasteiger partial charge in [0.2, 0.25) is 0 Å². The molecule has 4 heteroatoms. The maximum Gasteiger partial charge on any atom is 0.410 e. The molecular formula is C17H26N2O2. The Kier molecular flexibility index (Phi) is 4.88. The molecule has 1 aliphatic heterocycles. The van der Waals surface area contributed by atoms with Gasteiger partial charge < -0.3 is 15.0 Å². The Morgan fingerprint density at radius 1 is 1.33 bits per heavy atom. The Labute approximate surface area is 127 Å². The Bertz CT molecular complexity index is 467. The van der Waals surface area contributed by atoms with E-state index in [-0.39, 0.29) is 12.1 Å². The molecule has 1 heterocycles. The highest BCUT2D eigenvalue weighted by atomic mass is 16.6. The highest BCUT2D eigenvalue weighted by molar-refractivity contribution is 5.69. The number of piperazine rings is 1. The van der Waals surface area contributed by atoms with Crippen molar-refractivity contribution in [1.82, 2.24) is 10.2 Å². The fraction of sp³-hybridized carbons (Fsp3) is 0.588. The van der Waals surface area contributed by atoms with E-state index in [2.05, 4.69) is 24.4 Å². The molecule has 0 radical (unpaired) electrons. The second-order valence-electron chi connectivity index (χ2n) is 6.79. The van der Waals surface area contributed by atoms with Gasteiger partial charge in [0.15, 0.2) is 0 Å². The maximum absolute atomic E-state index is 12.4. The molecular weight excluding hydrogens is 264 g/mol. The lowest BCUT2D eigenvalue weighted by Gasteiger charge is -2.40. The fourth-order valence-corrected chi connectivity index (χ4v) is 2.57. The number of nitrogens with zero attached hydrogens (tertiary/aromatic N) is 1. The number of benzene rings is 1. The summed E-state index contributed by atoms with van der Waals surface area (Å²) in [7, 11) is 0. The molecule has 2 rings (SSSR count). The average molecular weight is 290 g/mol. The van der Waals surface area contributed by atoms with E-state index >= 15 is 0 Å². The summed E-state index contributed by atoms with van der Waals surface area (Å²) in [4.78, 5) is 14.3. The van der Waals surface area contributed by atoms with E-state index in [1.807, 2.05) is 43.9 Å². The molecule has 1 aromatic rings. The third-order valence-electron chi connectivity index (χ3n) is 3.56. The highest BCUT2D eigenvalue weighted by Crippen LogP contribution is 2.17. The van der Waals surface area contributed by atoms with Gasteiger partial charge in [0.1, 0.15) is 5.60 Å². The van der Waals surface area contributed by atoms with Crippen LogP contribution in [0, 0.1) is 0 Å². The molecule has 21 heavy (non-hydrogen) atoms. The molecule has 1 aliphatic rings. The smallest absolute Gasteiger partial charge is 0.410 e. The molecule has 0 bridgehead atoms. The van der Waals surface area contributed by atoms with Crippen molar-refractivity contribution in [1.29, 1.82) is 0 Å². The number of ether oxygens (including phenoxy) is 1. The lowest BCUT2D eigenvalue weighted by Crippen LogP contribution is -2.58. The molecule has 2 atom stereocenters. The predicted molar refractivity (Wildman–Crippen MR) is 84.3 cm³/mol. The van der Waals surface area contributed by atoms with Crippen LogP contribution in [0.4, 0.5) is 4.79 Å². The van der Waals surface area contributed by atoms with Gasteiger partial charge in [-0.3, -0.25) is 0 Å². The lowest BCUT2D eigenvalue weighted by atomic mass is 10.0. The Hall–Kier alpha value is -1.55. The van der Waals surface area contributed by atoms with Crippen LogP contribution in [0.1, 0.15) is 33.3 Å². The van der Waals surface area contributed by atoms with Crippen LogP contribution in [0.5, 0.6) is 0 Å². The number of amides is 1. The SMILES string of the molecule is C[C@H]1CN(C(=O)OC(C)(C)C)[C@H](Cc2ccccc2)CN1. The Morgan fingerprint density at radius 3 is 2.62 bits per heavy atom. The predicted octanol–water partition coefficient (Wildman–Crippen LogP) is 2.83. The van der Waals surface area contributed by atoms with Gasteiger partial charge in [0.05, 0.1) is 6.04 Å². The molecule has 1 saturated heterocycles.